The first-order chi connectivity index (χ1) is 10.2. The van der Waals surface area contributed by atoms with Gasteiger partial charge in [-0.3, -0.25) is 0 Å². The lowest BCUT2D eigenvalue weighted by Crippen LogP contribution is -2.39. The summed E-state index contributed by atoms with van der Waals surface area (Å²) in [6, 6.07) is 16.9. The van der Waals surface area contributed by atoms with Crippen LogP contribution in [-0.4, -0.2) is 9.52 Å². The quantitative estimate of drug-likeness (QED) is 0.418. The van der Waals surface area contributed by atoms with Gasteiger partial charge >= 0.3 is 0 Å². The lowest BCUT2D eigenvalue weighted by Gasteiger charge is -2.28. The molecule has 0 aliphatic carbocycles. The molecule has 1 aliphatic rings. The first kappa shape index (κ1) is 12.7. The zero-order chi connectivity index (χ0) is 14.4. The Morgan fingerprint density at radius 2 is 1.48 bits per heavy atom. The number of thiophene rings is 1. The molecular formula is C17H14N2SSi. The van der Waals surface area contributed by atoms with Gasteiger partial charge in [-0.15, -0.1) is 11.3 Å². The predicted molar refractivity (Wildman–Crippen MR) is 92.0 cm³/mol. The number of fused-ring (bicyclic) bond motifs is 2. The molecular weight excluding hydrogens is 292 g/mol. The van der Waals surface area contributed by atoms with Crippen LogP contribution in [0.4, 0.5) is 11.4 Å². The Morgan fingerprint density at radius 1 is 0.857 bits per heavy atom. The zero-order valence-electron chi connectivity index (χ0n) is 11.3. The lowest BCUT2D eigenvalue weighted by molar-refractivity contribution is 1.02. The van der Waals surface area contributed by atoms with E-state index in [-0.39, 0.29) is 0 Å². The van der Waals surface area contributed by atoms with E-state index in [0.29, 0.717) is 15.4 Å². The molecule has 3 aromatic rings. The Labute approximate surface area is 130 Å². The number of hydrogen-bond acceptors (Lipinski definition) is 3. The second-order valence-corrected chi connectivity index (χ2v) is 7.57. The third-order valence-corrected chi connectivity index (χ3v) is 6.22. The average molecular weight is 306 g/mol. The number of hydrogen-bond donors (Lipinski definition) is 2. The van der Waals surface area contributed by atoms with Crippen molar-refractivity contribution in [3.8, 4) is 0 Å². The Morgan fingerprint density at radius 3 is 2.00 bits per heavy atom. The fourth-order valence-corrected chi connectivity index (χ4v) is 5.32. The standard InChI is InChI=1S/C17H14N2SSi/c18-10-3-5-12-15(8-10)21-16-9-11(19)4-6-13(16)17(12)14-2-1-7-20-14/h1-9,17H,18-19H2. The zero-order valence-corrected chi connectivity index (χ0v) is 13.2. The van der Waals surface area contributed by atoms with Crippen LogP contribution in [0.1, 0.15) is 21.9 Å². The fourth-order valence-electron chi connectivity index (χ4n) is 2.94. The van der Waals surface area contributed by atoms with Gasteiger partial charge in [0.15, 0.2) is 0 Å². The van der Waals surface area contributed by atoms with Crippen molar-refractivity contribution in [1.29, 1.82) is 0 Å². The van der Waals surface area contributed by atoms with Crippen LogP contribution in [-0.2, 0) is 0 Å². The summed E-state index contributed by atoms with van der Waals surface area (Å²) in [5, 5.41) is 4.82. The van der Waals surface area contributed by atoms with Crippen LogP contribution >= 0.6 is 11.3 Å². The molecule has 4 rings (SSSR count). The van der Waals surface area contributed by atoms with Crippen LogP contribution in [0.3, 0.4) is 0 Å². The van der Waals surface area contributed by atoms with E-state index in [1.807, 2.05) is 12.1 Å². The molecule has 2 nitrogen and oxygen atoms in total. The van der Waals surface area contributed by atoms with E-state index in [0.717, 1.165) is 11.4 Å². The van der Waals surface area contributed by atoms with Gasteiger partial charge in [0.25, 0.3) is 0 Å². The molecule has 4 heteroatoms. The van der Waals surface area contributed by atoms with E-state index >= 15 is 0 Å². The fraction of sp³-hybridized carbons (Fsp3) is 0.0588. The van der Waals surface area contributed by atoms with Gasteiger partial charge in [-0.25, -0.2) is 0 Å². The molecule has 2 heterocycles. The van der Waals surface area contributed by atoms with E-state index in [9.17, 15) is 0 Å². The van der Waals surface area contributed by atoms with Crippen molar-refractivity contribution in [2.45, 2.75) is 5.92 Å². The second-order valence-electron chi connectivity index (χ2n) is 5.27. The molecule has 0 spiro atoms. The smallest absolute Gasteiger partial charge is 0.122 e. The SMILES string of the molecule is Nc1ccc2c(c1)[Si]c1cc(N)ccc1C2c1cccs1. The Hall–Kier alpha value is -2.04. The largest absolute Gasteiger partial charge is 0.399 e. The van der Waals surface area contributed by atoms with Crippen LogP contribution in [0.5, 0.6) is 0 Å². The van der Waals surface area contributed by atoms with Crippen molar-refractivity contribution < 1.29 is 0 Å². The number of rotatable bonds is 1. The van der Waals surface area contributed by atoms with Crippen molar-refractivity contribution in [1.82, 2.24) is 0 Å². The summed E-state index contributed by atoms with van der Waals surface area (Å²) in [6.07, 6.45) is 0. The highest BCUT2D eigenvalue weighted by molar-refractivity contribution is 7.10. The number of nitrogens with two attached hydrogens (primary N) is 2. The van der Waals surface area contributed by atoms with E-state index in [1.165, 1.54) is 26.4 Å². The van der Waals surface area contributed by atoms with Gasteiger partial charge in [-0.1, -0.05) is 28.6 Å². The van der Waals surface area contributed by atoms with Crippen molar-refractivity contribution in [3.05, 3.63) is 69.9 Å². The monoisotopic (exact) mass is 306 g/mol. The number of benzene rings is 2. The van der Waals surface area contributed by atoms with Crippen LogP contribution in [0.2, 0.25) is 0 Å². The molecule has 0 bridgehead atoms. The van der Waals surface area contributed by atoms with Crippen molar-refractivity contribution in [2.75, 3.05) is 11.5 Å². The molecule has 0 unspecified atom stereocenters. The first-order valence-electron chi connectivity index (χ1n) is 6.81. The summed E-state index contributed by atoms with van der Waals surface area (Å²) in [5.74, 6) is 0.303. The molecule has 0 fully saturated rings. The Balaban J connectivity index is 1.97. The lowest BCUT2D eigenvalue weighted by atomic mass is 9.89. The normalized spacial score (nSPS) is 13.7. The predicted octanol–water partition coefficient (Wildman–Crippen LogP) is 2.06. The molecule has 0 atom stereocenters. The highest BCUT2D eigenvalue weighted by atomic mass is 32.1. The maximum Gasteiger partial charge on any atom is 0.122 e. The molecule has 1 aromatic heterocycles. The topological polar surface area (TPSA) is 52.0 Å². The molecule has 2 radical (unpaired) electrons. The summed E-state index contributed by atoms with van der Waals surface area (Å²) < 4.78 is 0. The van der Waals surface area contributed by atoms with Gasteiger partial charge in [0.1, 0.15) is 9.52 Å². The second kappa shape index (κ2) is 4.75. The van der Waals surface area contributed by atoms with Crippen molar-refractivity contribution >= 4 is 42.6 Å². The van der Waals surface area contributed by atoms with Crippen molar-refractivity contribution in [3.63, 3.8) is 0 Å². The van der Waals surface area contributed by atoms with E-state index < -0.39 is 0 Å². The van der Waals surface area contributed by atoms with Crippen LogP contribution < -0.4 is 21.8 Å². The number of anilines is 2. The highest BCUT2D eigenvalue weighted by Gasteiger charge is 2.28. The Kier molecular flexibility index (Phi) is 2.87. The molecule has 0 amide bonds. The minimum Gasteiger partial charge on any atom is -0.399 e. The van der Waals surface area contributed by atoms with Gasteiger partial charge in [-0.2, -0.15) is 0 Å². The Bertz CT molecular complexity index is 760. The summed E-state index contributed by atoms with van der Waals surface area (Å²) in [6.45, 7) is 0. The highest BCUT2D eigenvalue weighted by Crippen LogP contribution is 2.35. The molecule has 0 saturated heterocycles. The van der Waals surface area contributed by atoms with Crippen LogP contribution in [0.25, 0.3) is 0 Å². The van der Waals surface area contributed by atoms with Crippen LogP contribution in [0, 0.1) is 0 Å². The molecule has 0 saturated carbocycles. The molecule has 4 N–H and O–H groups in total. The average Bonchev–Trinajstić information content (AvgIpc) is 2.98. The summed E-state index contributed by atoms with van der Waals surface area (Å²) in [4.78, 5) is 1.37. The van der Waals surface area contributed by atoms with Gasteiger partial charge in [0.05, 0.1) is 0 Å². The van der Waals surface area contributed by atoms with Gasteiger partial charge in [0, 0.05) is 22.2 Å². The third-order valence-electron chi connectivity index (χ3n) is 3.87. The molecule has 21 heavy (non-hydrogen) atoms. The molecule has 2 aromatic carbocycles. The summed E-state index contributed by atoms with van der Waals surface area (Å²) in [7, 11) is 0.622. The van der Waals surface area contributed by atoms with Crippen molar-refractivity contribution in [2.24, 2.45) is 0 Å². The molecule has 1 aliphatic heterocycles. The first-order valence-corrected chi connectivity index (χ1v) is 8.69. The molecule has 102 valence electrons. The van der Waals surface area contributed by atoms with Gasteiger partial charge in [0.2, 0.25) is 0 Å². The van der Waals surface area contributed by atoms with Gasteiger partial charge < -0.3 is 11.5 Å². The maximum absolute atomic E-state index is 5.98. The number of nitrogen functional groups attached to an aromatic ring is 2. The van der Waals surface area contributed by atoms with Gasteiger partial charge in [-0.05, 0) is 46.8 Å². The van der Waals surface area contributed by atoms with Crippen LogP contribution in [0.15, 0.2) is 53.9 Å². The maximum atomic E-state index is 5.98. The minimum absolute atomic E-state index is 0.303. The van der Waals surface area contributed by atoms with E-state index in [2.05, 4.69) is 41.8 Å². The van der Waals surface area contributed by atoms with E-state index in [1.54, 1.807) is 11.3 Å². The summed E-state index contributed by atoms with van der Waals surface area (Å²) >= 11 is 1.81. The summed E-state index contributed by atoms with van der Waals surface area (Å²) in [5.41, 5.74) is 16.4. The minimum atomic E-state index is 0.303. The van der Waals surface area contributed by atoms with E-state index in [4.69, 9.17) is 11.5 Å². The third kappa shape index (κ3) is 2.07.